The van der Waals surface area contributed by atoms with Gasteiger partial charge in [-0.1, -0.05) is 12.1 Å². The fraction of sp³-hybridized carbons (Fsp3) is 0.467. The molecule has 6 nitrogen and oxygen atoms in total. The van der Waals surface area contributed by atoms with Crippen molar-refractivity contribution in [2.24, 2.45) is 0 Å². The predicted molar refractivity (Wildman–Crippen MR) is 77.8 cm³/mol. The highest BCUT2D eigenvalue weighted by Crippen LogP contribution is 2.20. The first-order valence-corrected chi connectivity index (χ1v) is 7.13. The normalized spacial score (nSPS) is 20.7. The average Bonchev–Trinajstić information content (AvgIpc) is 2.97. The fourth-order valence-corrected chi connectivity index (χ4v) is 2.74. The average molecular weight is 289 g/mol. The number of benzene rings is 1. The lowest BCUT2D eigenvalue weighted by atomic mass is 10.2. The van der Waals surface area contributed by atoms with E-state index >= 15 is 0 Å². The van der Waals surface area contributed by atoms with Gasteiger partial charge in [0, 0.05) is 6.54 Å². The molecule has 2 aromatic rings. The van der Waals surface area contributed by atoms with Gasteiger partial charge in [0.1, 0.15) is 6.04 Å². The molecule has 2 atom stereocenters. The lowest BCUT2D eigenvalue weighted by Gasteiger charge is -2.36. The molecule has 1 amide bonds. The van der Waals surface area contributed by atoms with Gasteiger partial charge in [0.2, 0.25) is 5.91 Å². The molecule has 1 aliphatic rings. The minimum atomic E-state index is -0.357. The summed E-state index contributed by atoms with van der Waals surface area (Å²) in [7, 11) is 0. The molecule has 1 aliphatic heterocycles. The molecule has 1 N–H and O–H groups in total. The summed E-state index contributed by atoms with van der Waals surface area (Å²) in [5, 5.41) is 9.40. The second-order valence-corrected chi connectivity index (χ2v) is 5.26. The van der Waals surface area contributed by atoms with Gasteiger partial charge in [-0.3, -0.25) is 4.79 Å². The minimum Gasteiger partial charge on any atom is -0.394 e. The number of morpholine rings is 1. The topological polar surface area (TPSA) is 67.6 Å². The highest BCUT2D eigenvalue weighted by Gasteiger charge is 2.30. The summed E-state index contributed by atoms with van der Waals surface area (Å²) in [5.41, 5.74) is 1.81. The van der Waals surface area contributed by atoms with Crippen molar-refractivity contribution in [1.82, 2.24) is 14.5 Å². The molecular weight excluding hydrogens is 270 g/mol. The Morgan fingerprint density at radius 2 is 2.33 bits per heavy atom. The van der Waals surface area contributed by atoms with Gasteiger partial charge < -0.3 is 19.3 Å². The van der Waals surface area contributed by atoms with E-state index in [1.54, 1.807) is 11.2 Å². The van der Waals surface area contributed by atoms with Crippen LogP contribution in [0.3, 0.4) is 0 Å². The Labute approximate surface area is 122 Å². The van der Waals surface area contributed by atoms with E-state index in [0.29, 0.717) is 19.8 Å². The molecule has 1 aromatic carbocycles. The Kier molecular flexibility index (Phi) is 3.90. The molecule has 0 saturated carbocycles. The van der Waals surface area contributed by atoms with Crippen LogP contribution in [0.15, 0.2) is 30.6 Å². The first-order chi connectivity index (χ1) is 10.2. The van der Waals surface area contributed by atoms with Gasteiger partial charge in [0.05, 0.1) is 43.2 Å². The van der Waals surface area contributed by atoms with Crippen molar-refractivity contribution >= 4 is 16.9 Å². The van der Waals surface area contributed by atoms with E-state index in [1.165, 1.54) is 0 Å². The zero-order valence-corrected chi connectivity index (χ0v) is 12.0. The van der Waals surface area contributed by atoms with E-state index in [2.05, 4.69) is 4.98 Å². The maximum atomic E-state index is 12.7. The molecule has 0 bridgehead atoms. The molecule has 1 aromatic heterocycles. The maximum Gasteiger partial charge on any atom is 0.245 e. The van der Waals surface area contributed by atoms with Gasteiger partial charge in [0.15, 0.2) is 0 Å². The highest BCUT2D eigenvalue weighted by atomic mass is 16.5. The van der Waals surface area contributed by atoms with Crippen molar-refractivity contribution in [2.75, 3.05) is 26.4 Å². The van der Waals surface area contributed by atoms with Crippen LogP contribution in [-0.2, 0) is 9.53 Å². The molecule has 112 valence electrons. The first kappa shape index (κ1) is 14.0. The maximum absolute atomic E-state index is 12.7. The summed E-state index contributed by atoms with van der Waals surface area (Å²) in [5.74, 6) is -0.0134. The van der Waals surface area contributed by atoms with Crippen LogP contribution in [0.2, 0.25) is 0 Å². The zero-order chi connectivity index (χ0) is 14.8. The Bertz CT molecular complexity index is 640. The molecule has 1 saturated heterocycles. The number of aromatic nitrogens is 2. The van der Waals surface area contributed by atoms with Crippen LogP contribution in [-0.4, -0.2) is 57.9 Å². The number of nitrogens with zero attached hydrogens (tertiary/aromatic N) is 3. The molecule has 0 radical (unpaired) electrons. The molecular formula is C15H19N3O3. The molecule has 3 rings (SSSR count). The van der Waals surface area contributed by atoms with Crippen molar-refractivity contribution in [1.29, 1.82) is 0 Å². The monoisotopic (exact) mass is 289 g/mol. The predicted octanol–water partition coefficient (Wildman–Crippen LogP) is 0.817. The van der Waals surface area contributed by atoms with E-state index in [9.17, 15) is 9.90 Å². The Morgan fingerprint density at radius 1 is 1.52 bits per heavy atom. The number of ether oxygens (including phenoxy) is 1. The van der Waals surface area contributed by atoms with Crippen LogP contribution in [0, 0.1) is 0 Å². The number of aliphatic hydroxyl groups excluding tert-OH is 1. The molecule has 6 heteroatoms. The van der Waals surface area contributed by atoms with E-state index in [1.807, 2.05) is 35.8 Å². The lowest BCUT2D eigenvalue weighted by molar-refractivity contribution is -0.144. The number of hydrogen-bond donors (Lipinski definition) is 1. The number of hydrogen-bond acceptors (Lipinski definition) is 4. The molecule has 0 aliphatic carbocycles. The van der Waals surface area contributed by atoms with Crippen LogP contribution < -0.4 is 0 Å². The molecule has 2 unspecified atom stereocenters. The summed E-state index contributed by atoms with van der Waals surface area (Å²) >= 11 is 0. The Balaban J connectivity index is 1.87. The van der Waals surface area contributed by atoms with Crippen molar-refractivity contribution in [3.8, 4) is 0 Å². The Morgan fingerprint density at radius 3 is 3.14 bits per heavy atom. The second kappa shape index (κ2) is 5.83. The van der Waals surface area contributed by atoms with Crippen LogP contribution in [0.1, 0.15) is 13.0 Å². The summed E-state index contributed by atoms with van der Waals surface area (Å²) in [6.07, 6.45) is 1.70. The number of carbonyl (C=O) groups is 1. The summed E-state index contributed by atoms with van der Waals surface area (Å²) < 4.78 is 7.20. The van der Waals surface area contributed by atoms with Gasteiger partial charge in [-0.15, -0.1) is 0 Å². The molecule has 21 heavy (non-hydrogen) atoms. The third-order valence-corrected chi connectivity index (χ3v) is 3.98. The first-order valence-electron chi connectivity index (χ1n) is 7.13. The summed E-state index contributed by atoms with van der Waals surface area (Å²) in [6, 6.07) is 7.12. The van der Waals surface area contributed by atoms with E-state index in [4.69, 9.17) is 4.74 Å². The van der Waals surface area contributed by atoms with Gasteiger partial charge in [0.25, 0.3) is 0 Å². The van der Waals surface area contributed by atoms with Crippen molar-refractivity contribution in [3.63, 3.8) is 0 Å². The number of rotatable bonds is 3. The Hall–Kier alpha value is -1.92. The van der Waals surface area contributed by atoms with Crippen molar-refractivity contribution < 1.29 is 14.6 Å². The van der Waals surface area contributed by atoms with Gasteiger partial charge in [-0.2, -0.15) is 0 Å². The summed E-state index contributed by atoms with van der Waals surface area (Å²) in [4.78, 5) is 18.8. The van der Waals surface area contributed by atoms with Crippen molar-refractivity contribution in [3.05, 3.63) is 30.6 Å². The number of amides is 1. The third-order valence-electron chi connectivity index (χ3n) is 3.98. The number of para-hydroxylation sites is 2. The van der Waals surface area contributed by atoms with Crippen molar-refractivity contribution in [2.45, 2.75) is 19.0 Å². The van der Waals surface area contributed by atoms with Crippen LogP contribution in [0.5, 0.6) is 0 Å². The van der Waals surface area contributed by atoms with Gasteiger partial charge in [-0.05, 0) is 19.1 Å². The third kappa shape index (κ3) is 2.52. The highest BCUT2D eigenvalue weighted by molar-refractivity contribution is 5.84. The fourth-order valence-electron chi connectivity index (χ4n) is 2.74. The second-order valence-electron chi connectivity index (χ2n) is 5.26. The SMILES string of the molecule is CC(C(=O)N1CCOCC1CO)n1cnc2ccccc21. The van der Waals surface area contributed by atoms with Gasteiger partial charge >= 0.3 is 0 Å². The van der Waals surface area contributed by atoms with Crippen LogP contribution in [0.4, 0.5) is 0 Å². The largest absolute Gasteiger partial charge is 0.394 e. The summed E-state index contributed by atoms with van der Waals surface area (Å²) in [6.45, 7) is 3.20. The molecule has 1 fully saturated rings. The van der Waals surface area contributed by atoms with E-state index in [-0.39, 0.29) is 24.6 Å². The van der Waals surface area contributed by atoms with E-state index < -0.39 is 0 Å². The standard InChI is InChI=1S/C15H19N3O3/c1-11(15(20)17-6-7-21-9-12(17)8-19)18-10-16-13-4-2-3-5-14(13)18/h2-5,10-12,19H,6-9H2,1H3. The van der Waals surface area contributed by atoms with Crippen LogP contribution in [0.25, 0.3) is 11.0 Å². The number of aliphatic hydroxyl groups is 1. The van der Waals surface area contributed by atoms with Crippen LogP contribution >= 0.6 is 0 Å². The van der Waals surface area contributed by atoms with Gasteiger partial charge in [-0.25, -0.2) is 4.98 Å². The smallest absolute Gasteiger partial charge is 0.245 e. The lowest BCUT2D eigenvalue weighted by Crippen LogP contribution is -2.52. The number of fused-ring (bicyclic) bond motifs is 1. The zero-order valence-electron chi connectivity index (χ0n) is 12.0. The quantitative estimate of drug-likeness (QED) is 0.908. The minimum absolute atomic E-state index is 0.0134. The number of imidazole rings is 1. The number of carbonyl (C=O) groups excluding carboxylic acids is 1. The molecule has 2 heterocycles. The van der Waals surface area contributed by atoms with E-state index in [0.717, 1.165) is 11.0 Å². The molecule has 0 spiro atoms.